The first-order valence-corrected chi connectivity index (χ1v) is 7.45. The van der Waals surface area contributed by atoms with Crippen molar-refractivity contribution in [1.82, 2.24) is 5.32 Å². The van der Waals surface area contributed by atoms with Gasteiger partial charge in [-0.1, -0.05) is 30.3 Å². The van der Waals surface area contributed by atoms with Crippen molar-refractivity contribution in [2.45, 2.75) is 6.54 Å². The van der Waals surface area contributed by atoms with E-state index >= 15 is 0 Å². The minimum atomic E-state index is -0.341. The van der Waals surface area contributed by atoms with Crippen LogP contribution < -0.4 is 10.0 Å². The zero-order valence-electron chi connectivity index (χ0n) is 12.8. The number of carbonyl (C=O) groups excluding carboxylic acids is 1. The first-order chi connectivity index (χ1) is 11.6. The number of nitrogens with one attached hydrogen (secondary N) is 1. The van der Waals surface area contributed by atoms with Crippen LogP contribution in [0.3, 0.4) is 0 Å². The molecule has 3 rings (SSSR count). The number of aromatic nitrogens is 1. The molecule has 0 unspecified atom stereocenters. The number of benzene rings is 2. The number of pyridine rings is 1. The van der Waals surface area contributed by atoms with E-state index in [1.807, 2.05) is 0 Å². The molecular weight excluding hydrogens is 307 g/mol. The van der Waals surface area contributed by atoms with Crippen molar-refractivity contribution >= 4 is 5.91 Å². The predicted molar refractivity (Wildman–Crippen MR) is 88.4 cm³/mol. The van der Waals surface area contributed by atoms with Gasteiger partial charge in [-0.2, -0.15) is 4.73 Å². The summed E-state index contributed by atoms with van der Waals surface area (Å²) in [4.78, 5) is 12.3. The summed E-state index contributed by atoms with van der Waals surface area (Å²) < 4.78 is 14.6. The van der Waals surface area contributed by atoms with E-state index in [4.69, 9.17) is 0 Å². The second-order valence-electron chi connectivity index (χ2n) is 5.26. The lowest BCUT2D eigenvalue weighted by Crippen LogP contribution is -2.35. The lowest BCUT2D eigenvalue weighted by atomic mass is 10.0. The van der Waals surface area contributed by atoms with E-state index in [1.165, 1.54) is 12.3 Å². The largest absolute Gasteiger partial charge is 0.618 e. The molecule has 0 radical (unpaired) electrons. The Hall–Kier alpha value is -3.21. The van der Waals surface area contributed by atoms with Gasteiger partial charge in [0.2, 0.25) is 5.69 Å². The fourth-order valence-electron chi connectivity index (χ4n) is 2.40. The van der Waals surface area contributed by atoms with Gasteiger partial charge in [-0.3, -0.25) is 4.79 Å². The van der Waals surface area contributed by atoms with Crippen molar-refractivity contribution < 1.29 is 13.9 Å². The summed E-state index contributed by atoms with van der Waals surface area (Å²) in [5, 5.41) is 14.3. The Balaban J connectivity index is 1.78. The molecular formula is C19H15FN2O2. The molecule has 4 nitrogen and oxygen atoms in total. The van der Waals surface area contributed by atoms with Crippen LogP contribution in [0.15, 0.2) is 72.9 Å². The van der Waals surface area contributed by atoms with Gasteiger partial charge in [-0.15, -0.1) is 0 Å². The number of amides is 1. The molecule has 0 bridgehead atoms. The van der Waals surface area contributed by atoms with Crippen LogP contribution in [-0.2, 0) is 6.54 Å². The van der Waals surface area contributed by atoms with Crippen molar-refractivity contribution in [3.05, 3.63) is 95.2 Å². The fraction of sp³-hybridized carbons (Fsp3) is 0.0526. The molecule has 1 amide bonds. The minimum absolute atomic E-state index is 0.118. The van der Waals surface area contributed by atoms with Gasteiger partial charge < -0.3 is 10.5 Å². The molecule has 120 valence electrons. The van der Waals surface area contributed by atoms with Gasteiger partial charge in [0.1, 0.15) is 12.4 Å². The van der Waals surface area contributed by atoms with Gasteiger partial charge in [-0.05, 0) is 29.8 Å². The minimum Gasteiger partial charge on any atom is -0.618 e. The summed E-state index contributed by atoms with van der Waals surface area (Å²) in [5.74, 6) is -0.663. The maximum absolute atomic E-state index is 13.9. The highest BCUT2D eigenvalue weighted by molar-refractivity contribution is 5.95. The molecule has 0 aliphatic heterocycles. The third kappa shape index (κ3) is 3.41. The standard InChI is InChI=1S/C19H15FN2O2/c20-18-10-2-1-9-17(18)14-6-5-7-15(12-14)19(23)21-13-16-8-3-4-11-22(16)24/h1-12H,13H2,(H,21,23). The predicted octanol–water partition coefficient (Wildman–Crippen LogP) is 3.06. The zero-order valence-corrected chi connectivity index (χ0v) is 12.8. The first kappa shape index (κ1) is 15.7. The normalized spacial score (nSPS) is 10.4. The van der Waals surface area contributed by atoms with E-state index in [-0.39, 0.29) is 18.3 Å². The smallest absolute Gasteiger partial charge is 0.251 e. The highest BCUT2D eigenvalue weighted by atomic mass is 19.1. The Morgan fingerprint density at radius 1 is 1.04 bits per heavy atom. The van der Waals surface area contributed by atoms with E-state index in [0.717, 1.165) is 0 Å². The van der Waals surface area contributed by atoms with Crippen LogP contribution in [0.25, 0.3) is 11.1 Å². The van der Waals surface area contributed by atoms with Gasteiger partial charge in [0.05, 0.1) is 0 Å². The van der Waals surface area contributed by atoms with E-state index in [9.17, 15) is 14.4 Å². The number of nitrogens with zero attached hydrogens (tertiary/aromatic N) is 1. The summed E-state index contributed by atoms with van der Waals surface area (Å²) in [7, 11) is 0. The second-order valence-corrected chi connectivity index (χ2v) is 5.26. The third-order valence-electron chi connectivity index (χ3n) is 3.64. The lowest BCUT2D eigenvalue weighted by molar-refractivity contribution is -0.614. The molecule has 2 aromatic carbocycles. The summed E-state index contributed by atoms with van der Waals surface area (Å²) >= 11 is 0. The number of hydrogen-bond acceptors (Lipinski definition) is 2. The molecule has 24 heavy (non-hydrogen) atoms. The van der Waals surface area contributed by atoms with Crippen molar-refractivity contribution in [1.29, 1.82) is 0 Å². The molecule has 5 heteroatoms. The number of hydrogen-bond donors (Lipinski definition) is 1. The average Bonchev–Trinajstić information content (AvgIpc) is 2.61. The van der Waals surface area contributed by atoms with E-state index in [2.05, 4.69) is 5.32 Å². The molecule has 1 N–H and O–H groups in total. The Bertz CT molecular complexity index is 881. The molecule has 3 aromatic rings. The van der Waals surface area contributed by atoms with Crippen molar-refractivity contribution in [2.24, 2.45) is 0 Å². The van der Waals surface area contributed by atoms with Crippen LogP contribution >= 0.6 is 0 Å². The molecule has 0 aliphatic carbocycles. The van der Waals surface area contributed by atoms with Gasteiger partial charge in [0.25, 0.3) is 5.91 Å². The number of rotatable bonds is 4. The van der Waals surface area contributed by atoms with Gasteiger partial charge in [0.15, 0.2) is 6.20 Å². The Morgan fingerprint density at radius 3 is 2.62 bits per heavy atom. The average molecular weight is 322 g/mol. The molecule has 0 atom stereocenters. The van der Waals surface area contributed by atoms with Crippen LogP contribution in [0.5, 0.6) is 0 Å². The molecule has 0 saturated carbocycles. The molecule has 0 spiro atoms. The number of halogens is 1. The van der Waals surface area contributed by atoms with Crippen molar-refractivity contribution in [3.63, 3.8) is 0 Å². The molecule has 1 heterocycles. The maximum Gasteiger partial charge on any atom is 0.251 e. The molecule has 0 saturated heterocycles. The van der Waals surface area contributed by atoms with E-state index < -0.39 is 0 Å². The topological polar surface area (TPSA) is 56.0 Å². The van der Waals surface area contributed by atoms with Crippen LogP contribution in [0.4, 0.5) is 4.39 Å². The van der Waals surface area contributed by atoms with E-state index in [0.29, 0.717) is 27.1 Å². The van der Waals surface area contributed by atoms with E-state index in [1.54, 1.807) is 60.7 Å². The molecule has 0 fully saturated rings. The zero-order chi connectivity index (χ0) is 16.9. The summed E-state index contributed by atoms with van der Waals surface area (Å²) in [5.41, 5.74) is 1.91. The highest BCUT2D eigenvalue weighted by Gasteiger charge is 2.11. The van der Waals surface area contributed by atoms with Crippen LogP contribution in [0, 0.1) is 11.0 Å². The van der Waals surface area contributed by atoms with Gasteiger partial charge in [0, 0.05) is 23.3 Å². The molecule has 1 aromatic heterocycles. The van der Waals surface area contributed by atoms with Crippen molar-refractivity contribution in [2.75, 3.05) is 0 Å². The van der Waals surface area contributed by atoms with Crippen LogP contribution in [0.1, 0.15) is 16.1 Å². The maximum atomic E-state index is 13.9. The van der Waals surface area contributed by atoms with Crippen molar-refractivity contribution in [3.8, 4) is 11.1 Å². The SMILES string of the molecule is O=C(NCc1cccc[n+]1[O-])c1cccc(-c2ccccc2F)c1. The van der Waals surface area contributed by atoms with Crippen LogP contribution in [0.2, 0.25) is 0 Å². The summed E-state index contributed by atoms with van der Waals surface area (Å²) in [6.07, 6.45) is 1.38. The number of carbonyl (C=O) groups is 1. The third-order valence-corrected chi connectivity index (χ3v) is 3.64. The Morgan fingerprint density at radius 2 is 1.83 bits per heavy atom. The monoisotopic (exact) mass is 322 g/mol. The summed E-state index contributed by atoms with van der Waals surface area (Å²) in [6, 6.07) is 18.1. The highest BCUT2D eigenvalue weighted by Crippen LogP contribution is 2.23. The Kier molecular flexibility index (Phi) is 4.52. The second kappa shape index (κ2) is 6.91. The quantitative estimate of drug-likeness (QED) is 0.593. The molecule has 0 aliphatic rings. The first-order valence-electron chi connectivity index (χ1n) is 7.45. The van der Waals surface area contributed by atoms with Crippen LogP contribution in [-0.4, -0.2) is 5.91 Å². The Labute approximate surface area is 138 Å². The fourth-order valence-corrected chi connectivity index (χ4v) is 2.40. The lowest BCUT2D eigenvalue weighted by Gasteiger charge is -2.08. The summed E-state index contributed by atoms with van der Waals surface area (Å²) in [6.45, 7) is 0.118. The van der Waals surface area contributed by atoms with Gasteiger partial charge in [-0.25, -0.2) is 4.39 Å². The van der Waals surface area contributed by atoms with Gasteiger partial charge >= 0.3 is 0 Å².